The van der Waals surface area contributed by atoms with Crippen molar-refractivity contribution in [3.63, 3.8) is 0 Å². The van der Waals surface area contributed by atoms with Crippen molar-refractivity contribution in [2.24, 2.45) is 0 Å². The van der Waals surface area contributed by atoms with Crippen LogP contribution in [0.1, 0.15) is 18.1 Å². The number of thioether (sulfide) groups is 1. The number of hydrogen-bond donors (Lipinski definition) is 2. The molecular formula is C17H18OS3. The predicted molar refractivity (Wildman–Crippen MR) is 99.5 cm³/mol. The van der Waals surface area contributed by atoms with Gasteiger partial charge >= 0.3 is 0 Å². The van der Waals surface area contributed by atoms with E-state index in [2.05, 4.69) is 44.3 Å². The summed E-state index contributed by atoms with van der Waals surface area (Å²) in [5.74, 6) is 0.857. The highest BCUT2D eigenvalue weighted by atomic mass is 32.2. The molecule has 110 valence electrons. The quantitative estimate of drug-likeness (QED) is 0.538. The van der Waals surface area contributed by atoms with Crippen molar-refractivity contribution in [3.05, 3.63) is 63.9 Å². The molecule has 0 saturated carbocycles. The molecule has 0 aliphatic carbocycles. The monoisotopic (exact) mass is 334 g/mol. The van der Waals surface area contributed by atoms with Crippen LogP contribution in [0.5, 0.6) is 5.75 Å². The summed E-state index contributed by atoms with van der Waals surface area (Å²) in [6, 6.07) is 16.2. The van der Waals surface area contributed by atoms with E-state index in [0.717, 1.165) is 30.9 Å². The van der Waals surface area contributed by atoms with Gasteiger partial charge in [0.05, 0.1) is 10.8 Å². The fourth-order valence-corrected chi connectivity index (χ4v) is 3.41. The molecule has 0 radical (unpaired) electrons. The van der Waals surface area contributed by atoms with Gasteiger partial charge in [-0.2, -0.15) is 0 Å². The average Bonchev–Trinajstić information content (AvgIpc) is 2.50. The lowest BCUT2D eigenvalue weighted by Gasteiger charge is -2.11. The van der Waals surface area contributed by atoms with Gasteiger partial charge in [0.15, 0.2) is 0 Å². The van der Waals surface area contributed by atoms with Gasteiger partial charge in [0.1, 0.15) is 5.75 Å². The largest absolute Gasteiger partial charge is 0.494 e. The number of aryl methyl sites for hydroxylation is 1. The van der Waals surface area contributed by atoms with Gasteiger partial charge in [-0.1, -0.05) is 36.0 Å². The highest BCUT2D eigenvalue weighted by molar-refractivity contribution is 8.17. The van der Waals surface area contributed by atoms with Gasteiger partial charge in [-0.25, -0.2) is 0 Å². The minimum Gasteiger partial charge on any atom is -0.494 e. The second-order valence-corrected chi connectivity index (χ2v) is 6.76. The van der Waals surface area contributed by atoms with Gasteiger partial charge in [0, 0.05) is 9.80 Å². The van der Waals surface area contributed by atoms with Crippen molar-refractivity contribution < 1.29 is 4.74 Å². The second-order valence-electron chi connectivity index (χ2n) is 4.48. The van der Waals surface area contributed by atoms with Crippen LogP contribution < -0.4 is 4.74 Å². The van der Waals surface area contributed by atoms with Gasteiger partial charge in [0.25, 0.3) is 0 Å². The van der Waals surface area contributed by atoms with Crippen molar-refractivity contribution >= 4 is 41.9 Å². The van der Waals surface area contributed by atoms with E-state index in [1.807, 2.05) is 43.3 Å². The molecular weight excluding hydrogens is 316 g/mol. The molecule has 0 aliphatic rings. The molecule has 0 atom stereocenters. The fourth-order valence-electron chi connectivity index (χ4n) is 1.88. The summed E-state index contributed by atoms with van der Waals surface area (Å²) < 4.78 is 6.44. The lowest BCUT2D eigenvalue weighted by atomic mass is 10.1. The van der Waals surface area contributed by atoms with E-state index >= 15 is 0 Å². The van der Waals surface area contributed by atoms with Crippen LogP contribution in [0.2, 0.25) is 0 Å². The van der Waals surface area contributed by atoms with Crippen LogP contribution >= 0.6 is 37.0 Å². The molecule has 0 N–H and O–H groups in total. The summed E-state index contributed by atoms with van der Waals surface area (Å²) in [4.78, 5) is 2.01. The number of hydrogen-bond acceptors (Lipinski definition) is 4. The SMILES string of the molecule is CCOc1ccc(C)c(C(S)=C(S)Sc2ccccc2)c1. The zero-order valence-electron chi connectivity index (χ0n) is 12.0. The first-order valence-corrected chi connectivity index (χ1v) is 8.42. The van der Waals surface area contributed by atoms with E-state index in [1.165, 1.54) is 0 Å². The highest BCUT2D eigenvalue weighted by Crippen LogP contribution is 2.38. The molecule has 2 aromatic rings. The Kier molecular flexibility index (Phi) is 6.15. The van der Waals surface area contributed by atoms with Crippen LogP contribution in [0.15, 0.2) is 57.7 Å². The van der Waals surface area contributed by atoms with Crippen LogP contribution in [0.4, 0.5) is 0 Å². The standard InChI is InChI=1S/C17H18OS3/c1-3-18-13-10-9-12(2)15(11-13)16(19)17(20)21-14-7-5-4-6-8-14/h4-11,19-20H,3H2,1-2H3. The molecule has 21 heavy (non-hydrogen) atoms. The van der Waals surface area contributed by atoms with E-state index < -0.39 is 0 Å². The number of thiol groups is 2. The number of benzene rings is 2. The molecule has 4 heteroatoms. The van der Waals surface area contributed by atoms with Crippen molar-refractivity contribution in [2.45, 2.75) is 18.7 Å². The average molecular weight is 335 g/mol. The van der Waals surface area contributed by atoms with Gasteiger partial charge < -0.3 is 4.74 Å². The van der Waals surface area contributed by atoms with Crippen molar-refractivity contribution in [1.82, 2.24) is 0 Å². The summed E-state index contributed by atoms with van der Waals surface area (Å²) in [5, 5.41) is 0. The Balaban J connectivity index is 2.30. The van der Waals surface area contributed by atoms with E-state index in [1.54, 1.807) is 11.8 Å². The maximum Gasteiger partial charge on any atom is 0.119 e. The smallest absolute Gasteiger partial charge is 0.119 e. The molecule has 0 aromatic heterocycles. The predicted octanol–water partition coefficient (Wildman–Crippen LogP) is 5.67. The van der Waals surface area contributed by atoms with Crippen LogP contribution in [-0.2, 0) is 0 Å². The Morgan fingerprint density at radius 3 is 2.48 bits per heavy atom. The van der Waals surface area contributed by atoms with E-state index in [9.17, 15) is 0 Å². The van der Waals surface area contributed by atoms with E-state index in [4.69, 9.17) is 4.74 Å². The first-order valence-electron chi connectivity index (χ1n) is 6.70. The highest BCUT2D eigenvalue weighted by Gasteiger charge is 2.09. The molecule has 0 fully saturated rings. The first kappa shape index (κ1) is 16.4. The summed E-state index contributed by atoms with van der Waals surface area (Å²) in [6.07, 6.45) is 0. The fraction of sp³-hybridized carbons (Fsp3) is 0.176. The third-order valence-electron chi connectivity index (χ3n) is 2.94. The lowest BCUT2D eigenvalue weighted by molar-refractivity contribution is 0.340. The molecule has 0 aliphatic heterocycles. The van der Waals surface area contributed by atoms with Gasteiger partial charge in [-0.15, -0.1) is 25.3 Å². The zero-order chi connectivity index (χ0) is 15.2. The van der Waals surface area contributed by atoms with Gasteiger partial charge in [0.2, 0.25) is 0 Å². The van der Waals surface area contributed by atoms with Crippen LogP contribution in [0.3, 0.4) is 0 Å². The van der Waals surface area contributed by atoms with Gasteiger partial charge in [-0.3, -0.25) is 0 Å². The maximum atomic E-state index is 5.56. The third kappa shape index (κ3) is 4.50. The lowest BCUT2D eigenvalue weighted by Crippen LogP contribution is -1.93. The van der Waals surface area contributed by atoms with Crippen molar-refractivity contribution in [1.29, 1.82) is 0 Å². The Hall–Kier alpha value is -0.970. The normalized spacial score (nSPS) is 12.0. The Morgan fingerprint density at radius 2 is 1.81 bits per heavy atom. The molecule has 0 bridgehead atoms. The van der Waals surface area contributed by atoms with Crippen LogP contribution in [0, 0.1) is 6.92 Å². The Morgan fingerprint density at radius 1 is 1.10 bits per heavy atom. The molecule has 2 aromatic carbocycles. The number of rotatable bonds is 5. The molecule has 1 nitrogen and oxygen atoms in total. The van der Waals surface area contributed by atoms with Crippen molar-refractivity contribution in [2.75, 3.05) is 6.61 Å². The molecule has 0 spiro atoms. The number of ether oxygens (including phenoxy) is 1. The summed E-state index contributed by atoms with van der Waals surface area (Å²) >= 11 is 10.9. The summed E-state index contributed by atoms with van der Waals surface area (Å²) in [6.45, 7) is 4.70. The third-order valence-corrected chi connectivity index (χ3v) is 5.13. The van der Waals surface area contributed by atoms with E-state index in [0.29, 0.717) is 6.61 Å². The molecule has 0 amide bonds. The topological polar surface area (TPSA) is 9.23 Å². The molecule has 0 saturated heterocycles. The Bertz CT molecular complexity index is 636. The molecule has 2 rings (SSSR count). The second kappa shape index (κ2) is 7.87. The van der Waals surface area contributed by atoms with Gasteiger partial charge in [-0.05, 0) is 49.2 Å². The van der Waals surface area contributed by atoms with Crippen LogP contribution in [-0.4, -0.2) is 6.61 Å². The molecule has 0 heterocycles. The minimum absolute atomic E-state index is 0.653. The summed E-state index contributed by atoms with van der Waals surface area (Å²) in [5.41, 5.74) is 2.21. The maximum absolute atomic E-state index is 5.56. The zero-order valence-corrected chi connectivity index (χ0v) is 14.6. The van der Waals surface area contributed by atoms with E-state index in [-0.39, 0.29) is 0 Å². The molecule has 0 unspecified atom stereocenters. The van der Waals surface area contributed by atoms with Crippen molar-refractivity contribution in [3.8, 4) is 5.75 Å². The summed E-state index contributed by atoms with van der Waals surface area (Å²) in [7, 11) is 0. The first-order chi connectivity index (χ1) is 10.1. The Labute approximate surface area is 141 Å². The minimum atomic E-state index is 0.653. The van der Waals surface area contributed by atoms with Crippen LogP contribution in [0.25, 0.3) is 4.91 Å².